The van der Waals surface area contributed by atoms with E-state index < -0.39 is 12.0 Å². The number of hydrogen-bond acceptors (Lipinski definition) is 1. The van der Waals surface area contributed by atoms with Gasteiger partial charge in [0.25, 0.3) is 0 Å². The van der Waals surface area contributed by atoms with Gasteiger partial charge in [-0.15, -0.1) is 0 Å². The summed E-state index contributed by atoms with van der Waals surface area (Å²) in [5, 5.41) is 8.74. The largest absolute Gasteiger partial charge is 0.242 e. The lowest BCUT2D eigenvalue weighted by Crippen LogP contribution is -1.96. The number of hydrogen-bond donors (Lipinski definition) is 0. The molecule has 3 rings (SSSR count). The molecule has 1 nitrogen and oxygen atoms in total. The van der Waals surface area contributed by atoms with E-state index in [1.165, 1.54) is 12.1 Å². The standard InChI is InChI=1S/C23H17F2N/c24-22(20-4-2-1-3-5-20)14-18-9-6-17(7-10-18)8-11-19-12-13-21(16-26)23(25)15-19/h1-13,15,22H,14H2/b11-8+. The van der Waals surface area contributed by atoms with Gasteiger partial charge in [-0.05, 0) is 34.4 Å². The van der Waals surface area contributed by atoms with E-state index in [9.17, 15) is 8.78 Å². The highest BCUT2D eigenvalue weighted by Crippen LogP contribution is 2.22. The Hall–Kier alpha value is -3.25. The molecule has 0 fully saturated rings. The zero-order valence-electron chi connectivity index (χ0n) is 14.1. The van der Waals surface area contributed by atoms with Crippen LogP contribution in [0.4, 0.5) is 8.78 Å². The smallest absolute Gasteiger partial charge is 0.141 e. The first kappa shape index (κ1) is 17.6. The molecule has 1 atom stereocenters. The first-order valence-electron chi connectivity index (χ1n) is 8.31. The van der Waals surface area contributed by atoms with Crippen LogP contribution in [0.1, 0.15) is 34.0 Å². The topological polar surface area (TPSA) is 23.8 Å². The van der Waals surface area contributed by atoms with Gasteiger partial charge in [-0.1, -0.05) is 72.8 Å². The zero-order chi connectivity index (χ0) is 18.4. The molecule has 0 saturated heterocycles. The third kappa shape index (κ3) is 4.43. The summed E-state index contributed by atoms with van der Waals surface area (Å²) < 4.78 is 27.9. The average molecular weight is 345 g/mol. The fourth-order valence-corrected chi connectivity index (χ4v) is 2.67. The molecular weight excluding hydrogens is 328 g/mol. The quantitative estimate of drug-likeness (QED) is 0.511. The van der Waals surface area contributed by atoms with Gasteiger partial charge in [0, 0.05) is 6.42 Å². The Kier molecular flexibility index (Phi) is 5.56. The van der Waals surface area contributed by atoms with E-state index >= 15 is 0 Å². The summed E-state index contributed by atoms with van der Waals surface area (Å²) in [6.45, 7) is 0. The van der Waals surface area contributed by atoms with Gasteiger partial charge in [0.2, 0.25) is 0 Å². The Morgan fingerprint density at radius 2 is 1.54 bits per heavy atom. The maximum absolute atomic E-state index is 14.3. The van der Waals surface area contributed by atoms with Crippen LogP contribution in [0.2, 0.25) is 0 Å². The van der Waals surface area contributed by atoms with Gasteiger partial charge in [0.05, 0.1) is 5.56 Å². The summed E-state index contributed by atoms with van der Waals surface area (Å²) in [6, 6.07) is 23.0. The number of benzene rings is 3. The Morgan fingerprint density at radius 1 is 0.885 bits per heavy atom. The van der Waals surface area contributed by atoms with Crippen molar-refractivity contribution in [3.8, 4) is 6.07 Å². The minimum absolute atomic E-state index is 0.0331. The second kappa shape index (κ2) is 8.22. The van der Waals surface area contributed by atoms with E-state index in [0.29, 0.717) is 17.5 Å². The van der Waals surface area contributed by atoms with Gasteiger partial charge in [-0.3, -0.25) is 0 Å². The van der Waals surface area contributed by atoms with Crippen molar-refractivity contribution >= 4 is 12.2 Å². The van der Waals surface area contributed by atoms with Crippen molar-refractivity contribution in [1.29, 1.82) is 5.26 Å². The molecule has 128 valence electrons. The first-order chi connectivity index (χ1) is 12.7. The lowest BCUT2D eigenvalue weighted by atomic mass is 10.0. The van der Waals surface area contributed by atoms with Crippen LogP contribution < -0.4 is 0 Å². The van der Waals surface area contributed by atoms with E-state index in [1.807, 2.05) is 48.5 Å². The van der Waals surface area contributed by atoms with E-state index in [0.717, 1.165) is 11.1 Å². The van der Waals surface area contributed by atoms with Gasteiger partial charge >= 0.3 is 0 Å². The van der Waals surface area contributed by atoms with Crippen LogP contribution in [-0.4, -0.2) is 0 Å². The second-order valence-electron chi connectivity index (χ2n) is 6.01. The molecule has 0 aliphatic carbocycles. The molecule has 0 radical (unpaired) electrons. The maximum Gasteiger partial charge on any atom is 0.141 e. The number of nitriles is 1. The van der Waals surface area contributed by atoms with Crippen LogP contribution in [0.5, 0.6) is 0 Å². The SMILES string of the molecule is N#Cc1ccc(/C=C/c2ccc(CC(F)c3ccccc3)cc2)cc1F. The van der Waals surface area contributed by atoms with Crippen LogP contribution in [0.15, 0.2) is 72.8 Å². The van der Waals surface area contributed by atoms with Crippen molar-refractivity contribution < 1.29 is 8.78 Å². The normalized spacial score (nSPS) is 12.0. The van der Waals surface area contributed by atoms with E-state index in [2.05, 4.69) is 0 Å². The first-order valence-corrected chi connectivity index (χ1v) is 8.31. The van der Waals surface area contributed by atoms with E-state index in [1.54, 1.807) is 30.3 Å². The van der Waals surface area contributed by atoms with Crippen molar-refractivity contribution in [2.75, 3.05) is 0 Å². The summed E-state index contributed by atoms with van der Waals surface area (Å²) in [5.74, 6) is -0.528. The molecule has 0 spiro atoms. The lowest BCUT2D eigenvalue weighted by Gasteiger charge is -2.08. The number of alkyl halides is 1. The van der Waals surface area contributed by atoms with Crippen molar-refractivity contribution in [2.45, 2.75) is 12.6 Å². The maximum atomic E-state index is 14.3. The minimum Gasteiger partial charge on any atom is -0.242 e. The fourth-order valence-electron chi connectivity index (χ4n) is 2.67. The van der Waals surface area contributed by atoms with Gasteiger partial charge in [0.1, 0.15) is 18.1 Å². The number of rotatable bonds is 5. The van der Waals surface area contributed by atoms with Gasteiger partial charge in [-0.25, -0.2) is 8.78 Å². The Labute approximate surface area is 151 Å². The van der Waals surface area contributed by atoms with Crippen molar-refractivity contribution in [1.82, 2.24) is 0 Å². The molecule has 0 aliphatic rings. The molecule has 0 aromatic heterocycles. The predicted molar refractivity (Wildman–Crippen MR) is 100 cm³/mol. The van der Waals surface area contributed by atoms with Crippen molar-refractivity contribution in [2.24, 2.45) is 0 Å². The molecule has 0 N–H and O–H groups in total. The lowest BCUT2D eigenvalue weighted by molar-refractivity contribution is 0.342. The molecule has 3 aromatic rings. The van der Waals surface area contributed by atoms with E-state index in [-0.39, 0.29) is 5.56 Å². The summed E-state index contributed by atoms with van der Waals surface area (Å²) in [4.78, 5) is 0. The Balaban J connectivity index is 1.66. The molecule has 0 saturated carbocycles. The summed E-state index contributed by atoms with van der Waals surface area (Å²) in [6.07, 6.45) is 2.93. The van der Waals surface area contributed by atoms with E-state index in [4.69, 9.17) is 5.26 Å². The average Bonchev–Trinajstić information content (AvgIpc) is 2.68. The molecular formula is C23H17F2N. The minimum atomic E-state index is -1.03. The third-order valence-electron chi connectivity index (χ3n) is 4.14. The fraction of sp³-hybridized carbons (Fsp3) is 0.0870. The predicted octanol–water partition coefficient (Wildman–Crippen LogP) is 6.12. The Morgan fingerprint density at radius 3 is 2.19 bits per heavy atom. The zero-order valence-corrected chi connectivity index (χ0v) is 14.1. The van der Waals surface area contributed by atoms with Crippen LogP contribution in [-0.2, 0) is 6.42 Å². The molecule has 1 unspecified atom stereocenters. The van der Waals surface area contributed by atoms with Crippen LogP contribution in [0.25, 0.3) is 12.2 Å². The molecule has 0 heterocycles. The van der Waals surface area contributed by atoms with Crippen molar-refractivity contribution in [3.05, 3.63) is 106 Å². The molecule has 3 heteroatoms. The summed E-state index contributed by atoms with van der Waals surface area (Å²) in [7, 11) is 0. The van der Waals surface area contributed by atoms with Crippen LogP contribution in [0, 0.1) is 17.1 Å². The molecule has 26 heavy (non-hydrogen) atoms. The Bertz CT molecular complexity index is 938. The third-order valence-corrected chi connectivity index (χ3v) is 4.14. The number of halogens is 2. The highest BCUT2D eigenvalue weighted by atomic mass is 19.1. The molecule has 0 aliphatic heterocycles. The monoisotopic (exact) mass is 345 g/mol. The summed E-state index contributed by atoms with van der Waals surface area (Å²) in [5.41, 5.74) is 3.25. The highest BCUT2D eigenvalue weighted by molar-refractivity contribution is 5.70. The highest BCUT2D eigenvalue weighted by Gasteiger charge is 2.09. The van der Waals surface area contributed by atoms with Crippen LogP contribution in [0.3, 0.4) is 0 Å². The van der Waals surface area contributed by atoms with Gasteiger partial charge < -0.3 is 0 Å². The van der Waals surface area contributed by atoms with Crippen LogP contribution >= 0.6 is 0 Å². The van der Waals surface area contributed by atoms with Gasteiger partial charge in [0.15, 0.2) is 0 Å². The summed E-state index contributed by atoms with van der Waals surface area (Å²) >= 11 is 0. The molecule has 0 bridgehead atoms. The molecule has 0 amide bonds. The van der Waals surface area contributed by atoms with Crippen molar-refractivity contribution in [3.63, 3.8) is 0 Å². The number of nitrogens with zero attached hydrogens (tertiary/aromatic N) is 1. The van der Waals surface area contributed by atoms with Gasteiger partial charge in [-0.2, -0.15) is 5.26 Å². The second-order valence-corrected chi connectivity index (χ2v) is 6.01. The molecule has 3 aromatic carbocycles.